The van der Waals surface area contributed by atoms with Gasteiger partial charge in [-0.15, -0.1) is 0 Å². The first-order chi connectivity index (χ1) is 6.83. The molecule has 1 aliphatic carbocycles. The molecule has 1 aliphatic rings. The molecule has 0 spiro atoms. The van der Waals surface area contributed by atoms with Crippen LogP contribution in [-0.4, -0.2) is 0 Å². The number of hydrogen-bond donors (Lipinski definition) is 1. The van der Waals surface area contributed by atoms with E-state index in [4.69, 9.17) is 5.73 Å². The number of nitrogens with two attached hydrogens (primary N) is 1. The summed E-state index contributed by atoms with van der Waals surface area (Å²) < 4.78 is 0. The molecular weight excluding hydrogens is 170 g/mol. The Morgan fingerprint density at radius 1 is 1.36 bits per heavy atom. The van der Waals surface area contributed by atoms with E-state index >= 15 is 0 Å². The number of nitrogen functional groups attached to an aromatic ring is 1. The molecule has 1 heteroatoms. The van der Waals surface area contributed by atoms with Gasteiger partial charge in [-0.05, 0) is 42.7 Å². The second kappa shape index (κ2) is 4.04. The molecule has 2 rings (SSSR count). The van der Waals surface area contributed by atoms with Gasteiger partial charge in [0, 0.05) is 5.69 Å². The van der Waals surface area contributed by atoms with Crippen LogP contribution in [0.3, 0.4) is 0 Å². The predicted octanol–water partition coefficient (Wildman–Crippen LogP) is 3.49. The first-order valence-corrected chi connectivity index (χ1v) is 5.70. The number of hydrogen-bond acceptors (Lipinski definition) is 1. The van der Waals surface area contributed by atoms with Crippen molar-refractivity contribution in [2.75, 3.05) is 5.73 Å². The molecule has 76 valence electrons. The molecule has 0 radical (unpaired) electrons. The number of rotatable bonds is 4. The third-order valence-corrected chi connectivity index (χ3v) is 3.05. The molecule has 0 unspecified atom stereocenters. The summed E-state index contributed by atoms with van der Waals surface area (Å²) in [4.78, 5) is 0. The number of para-hydroxylation sites is 1. The Hall–Kier alpha value is -0.980. The third-order valence-electron chi connectivity index (χ3n) is 3.05. The Labute approximate surface area is 86.3 Å². The van der Waals surface area contributed by atoms with Crippen LogP contribution in [0.1, 0.15) is 49.7 Å². The van der Waals surface area contributed by atoms with E-state index in [1.54, 1.807) is 0 Å². The normalized spacial score (nSPS) is 15.8. The van der Waals surface area contributed by atoms with Crippen molar-refractivity contribution in [3.8, 4) is 0 Å². The van der Waals surface area contributed by atoms with Gasteiger partial charge in [0.2, 0.25) is 0 Å². The van der Waals surface area contributed by atoms with Crippen molar-refractivity contribution < 1.29 is 0 Å². The van der Waals surface area contributed by atoms with E-state index in [-0.39, 0.29) is 0 Å². The Morgan fingerprint density at radius 3 is 2.79 bits per heavy atom. The topological polar surface area (TPSA) is 26.0 Å². The maximum Gasteiger partial charge on any atom is 0.0381 e. The average molecular weight is 189 g/mol. The highest BCUT2D eigenvalue weighted by molar-refractivity contribution is 5.56. The number of unbranched alkanes of at least 4 members (excludes halogenated alkanes) is 1. The molecule has 0 saturated heterocycles. The maximum absolute atomic E-state index is 6.17. The van der Waals surface area contributed by atoms with Gasteiger partial charge in [-0.2, -0.15) is 0 Å². The summed E-state index contributed by atoms with van der Waals surface area (Å²) in [6.45, 7) is 2.22. The standard InChI is InChI=1S/C13H19N/c1-2-3-5-11-6-4-7-12(13(11)14)10-8-9-10/h4,6-7,10H,2-3,5,8-9,14H2,1H3. The minimum atomic E-state index is 0.775. The summed E-state index contributed by atoms with van der Waals surface area (Å²) in [6.07, 6.45) is 6.30. The zero-order valence-electron chi connectivity index (χ0n) is 8.92. The fourth-order valence-corrected chi connectivity index (χ4v) is 1.97. The highest BCUT2D eigenvalue weighted by atomic mass is 14.6. The molecule has 2 N–H and O–H groups in total. The van der Waals surface area contributed by atoms with Crippen LogP contribution in [0.2, 0.25) is 0 Å². The second-order valence-corrected chi connectivity index (χ2v) is 4.30. The molecule has 1 aromatic rings. The van der Waals surface area contributed by atoms with Crippen LogP contribution in [0.4, 0.5) is 5.69 Å². The number of aryl methyl sites for hydroxylation is 1. The Balaban J connectivity index is 2.18. The van der Waals surface area contributed by atoms with E-state index in [1.807, 2.05) is 0 Å². The van der Waals surface area contributed by atoms with Crippen molar-refractivity contribution >= 4 is 5.69 Å². The molecule has 1 nitrogen and oxygen atoms in total. The van der Waals surface area contributed by atoms with Gasteiger partial charge < -0.3 is 5.73 Å². The lowest BCUT2D eigenvalue weighted by molar-refractivity contribution is 0.795. The number of benzene rings is 1. The van der Waals surface area contributed by atoms with Crippen LogP contribution in [0.25, 0.3) is 0 Å². The van der Waals surface area contributed by atoms with E-state index in [1.165, 1.54) is 36.8 Å². The van der Waals surface area contributed by atoms with Gasteiger partial charge in [0.05, 0.1) is 0 Å². The van der Waals surface area contributed by atoms with E-state index < -0.39 is 0 Å². The van der Waals surface area contributed by atoms with Crippen molar-refractivity contribution in [3.63, 3.8) is 0 Å². The van der Waals surface area contributed by atoms with Gasteiger partial charge in [-0.3, -0.25) is 0 Å². The average Bonchev–Trinajstić information content (AvgIpc) is 3.00. The fourth-order valence-electron chi connectivity index (χ4n) is 1.97. The molecule has 0 amide bonds. The Morgan fingerprint density at radius 2 is 2.14 bits per heavy atom. The lowest BCUT2D eigenvalue weighted by Gasteiger charge is -2.09. The Bertz CT molecular complexity index is 313. The summed E-state index contributed by atoms with van der Waals surface area (Å²) in [5, 5.41) is 0. The molecular formula is C13H19N. The molecule has 1 aromatic carbocycles. The van der Waals surface area contributed by atoms with Crippen LogP contribution in [0.15, 0.2) is 18.2 Å². The van der Waals surface area contributed by atoms with Gasteiger partial charge in [0.15, 0.2) is 0 Å². The van der Waals surface area contributed by atoms with E-state index in [2.05, 4.69) is 25.1 Å². The maximum atomic E-state index is 6.17. The minimum absolute atomic E-state index is 0.775. The lowest BCUT2D eigenvalue weighted by Crippen LogP contribution is -1.98. The van der Waals surface area contributed by atoms with E-state index in [0.29, 0.717) is 0 Å². The third kappa shape index (κ3) is 1.92. The van der Waals surface area contributed by atoms with Crippen molar-refractivity contribution in [1.82, 2.24) is 0 Å². The molecule has 0 aromatic heterocycles. The van der Waals surface area contributed by atoms with E-state index in [9.17, 15) is 0 Å². The summed E-state index contributed by atoms with van der Waals surface area (Å²) in [5.41, 5.74) is 10.00. The second-order valence-electron chi connectivity index (χ2n) is 4.30. The quantitative estimate of drug-likeness (QED) is 0.721. The zero-order chi connectivity index (χ0) is 9.97. The molecule has 0 atom stereocenters. The molecule has 0 aliphatic heterocycles. The van der Waals surface area contributed by atoms with Gasteiger partial charge in [-0.1, -0.05) is 31.5 Å². The molecule has 0 bridgehead atoms. The monoisotopic (exact) mass is 189 g/mol. The van der Waals surface area contributed by atoms with Crippen molar-refractivity contribution in [1.29, 1.82) is 0 Å². The fraction of sp³-hybridized carbons (Fsp3) is 0.538. The van der Waals surface area contributed by atoms with Gasteiger partial charge in [-0.25, -0.2) is 0 Å². The molecule has 1 saturated carbocycles. The molecule has 14 heavy (non-hydrogen) atoms. The summed E-state index contributed by atoms with van der Waals surface area (Å²) in [5.74, 6) is 0.775. The molecule has 0 heterocycles. The van der Waals surface area contributed by atoms with Crippen LogP contribution in [0.5, 0.6) is 0 Å². The predicted molar refractivity (Wildman–Crippen MR) is 61.4 cm³/mol. The van der Waals surface area contributed by atoms with Crippen LogP contribution >= 0.6 is 0 Å². The van der Waals surface area contributed by atoms with Gasteiger partial charge in [0.1, 0.15) is 0 Å². The lowest BCUT2D eigenvalue weighted by atomic mass is 10.00. The van der Waals surface area contributed by atoms with Crippen molar-refractivity contribution in [2.24, 2.45) is 0 Å². The van der Waals surface area contributed by atoms with Crippen LogP contribution in [-0.2, 0) is 6.42 Å². The highest BCUT2D eigenvalue weighted by Gasteiger charge is 2.25. The smallest absolute Gasteiger partial charge is 0.0381 e. The summed E-state index contributed by atoms with van der Waals surface area (Å²) in [6, 6.07) is 6.54. The first kappa shape index (κ1) is 9.57. The minimum Gasteiger partial charge on any atom is -0.398 e. The summed E-state index contributed by atoms with van der Waals surface area (Å²) >= 11 is 0. The van der Waals surface area contributed by atoms with Gasteiger partial charge >= 0.3 is 0 Å². The van der Waals surface area contributed by atoms with Crippen molar-refractivity contribution in [3.05, 3.63) is 29.3 Å². The van der Waals surface area contributed by atoms with Gasteiger partial charge in [0.25, 0.3) is 0 Å². The van der Waals surface area contributed by atoms with Crippen LogP contribution in [0, 0.1) is 0 Å². The first-order valence-electron chi connectivity index (χ1n) is 5.70. The largest absolute Gasteiger partial charge is 0.398 e. The number of anilines is 1. The summed E-state index contributed by atoms with van der Waals surface area (Å²) in [7, 11) is 0. The van der Waals surface area contributed by atoms with Crippen molar-refractivity contribution in [2.45, 2.75) is 44.9 Å². The van der Waals surface area contributed by atoms with Crippen LogP contribution < -0.4 is 5.73 Å². The molecule has 1 fully saturated rings. The Kier molecular flexibility index (Phi) is 2.76. The van der Waals surface area contributed by atoms with E-state index in [0.717, 1.165) is 18.0 Å². The zero-order valence-corrected chi connectivity index (χ0v) is 8.92. The SMILES string of the molecule is CCCCc1cccc(C2CC2)c1N. The highest BCUT2D eigenvalue weighted by Crippen LogP contribution is 2.43.